The number of hydrazine groups is 1. The van der Waals surface area contributed by atoms with Crippen molar-refractivity contribution >= 4 is 16.7 Å². The minimum Gasteiger partial charge on any atom is -0.287 e. The number of fused-ring (bicyclic) bond motifs is 1. The second kappa shape index (κ2) is 7.15. The third kappa shape index (κ3) is 3.95. The van der Waals surface area contributed by atoms with Crippen LogP contribution in [0.3, 0.4) is 0 Å². The Labute approximate surface area is 157 Å². The Hall–Kier alpha value is -2.08. The monoisotopic (exact) mass is 378 g/mol. The lowest BCUT2D eigenvalue weighted by molar-refractivity contribution is -0.191. The number of alkyl halides is 3. The average Bonchev–Trinajstić information content (AvgIpc) is 2.84. The Kier molecular flexibility index (Phi) is 5.21. The van der Waals surface area contributed by atoms with Crippen molar-refractivity contribution in [3.05, 3.63) is 47.5 Å². The minimum atomic E-state index is -4.51. The van der Waals surface area contributed by atoms with Crippen LogP contribution in [0.4, 0.5) is 13.2 Å². The van der Waals surface area contributed by atoms with Crippen LogP contribution in [-0.4, -0.2) is 23.6 Å². The summed E-state index contributed by atoms with van der Waals surface area (Å²) in [6, 6.07) is 8.77. The molecule has 0 spiro atoms. The van der Waals surface area contributed by atoms with E-state index in [1.165, 1.54) is 6.07 Å². The number of unbranched alkanes of at least 4 members (excludes halogenated alkanes) is 1. The van der Waals surface area contributed by atoms with Gasteiger partial charge in [0, 0.05) is 6.54 Å². The van der Waals surface area contributed by atoms with Gasteiger partial charge < -0.3 is 0 Å². The van der Waals surface area contributed by atoms with E-state index in [4.69, 9.17) is 0 Å². The van der Waals surface area contributed by atoms with Crippen molar-refractivity contribution in [3.63, 3.8) is 0 Å². The Morgan fingerprint density at radius 2 is 1.96 bits per heavy atom. The van der Waals surface area contributed by atoms with Crippen LogP contribution in [0.15, 0.2) is 36.4 Å². The van der Waals surface area contributed by atoms with Crippen molar-refractivity contribution < 1.29 is 18.0 Å². The van der Waals surface area contributed by atoms with Gasteiger partial charge in [-0.2, -0.15) is 13.2 Å². The summed E-state index contributed by atoms with van der Waals surface area (Å²) < 4.78 is 42.1. The van der Waals surface area contributed by atoms with E-state index in [1.807, 2.05) is 18.2 Å². The number of carbonyl (C=O) groups is 1. The van der Waals surface area contributed by atoms with Crippen LogP contribution in [-0.2, 0) is 11.2 Å². The average molecular weight is 378 g/mol. The molecule has 0 aromatic heterocycles. The molecule has 1 heterocycles. The van der Waals surface area contributed by atoms with E-state index in [0.717, 1.165) is 35.2 Å². The lowest BCUT2D eigenvalue weighted by Gasteiger charge is -2.30. The van der Waals surface area contributed by atoms with Crippen molar-refractivity contribution in [1.29, 1.82) is 0 Å². The van der Waals surface area contributed by atoms with Crippen LogP contribution in [0.1, 0.15) is 50.8 Å². The molecule has 1 atom stereocenters. The zero-order valence-electron chi connectivity index (χ0n) is 15.9. The second-order valence-corrected chi connectivity index (χ2v) is 7.90. The largest absolute Gasteiger partial charge is 0.409 e. The number of carbonyl (C=O) groups excluding carboxylic acids is 1. The predicted molar refractivity (Wildman–Crippen MR) is 100.0 cm³/mol. The van der Waals surface area contributed by atoms with Gasteiger partial charge in [-0.15, -0.1) is 0 Å². The van der Waals surface area contributed by atoms with Crippen molar-refractivity contribution in [2.45, 2.75) is 52.3 Å². The van der Waals surface area contributed by atoms with Crippen LogP contribution >= 0.6 is 0 Å². The van der Waals surface area contributed by atoms with Crippen LogP contribution in [0, 0.1) is 5.41 Å². The second-order valence-electron chi connectivity index (χ2n) is 7.90. The molecule has 2 aromatic carbocycles. The Bertz CT molecular complexity index is 845. The zero-order valence-corrected chi connectivity index (χ0v) is 15.9. The molecule has 0 saturated carbocycles. The molecule has 1 fully saturated rings. The number of hydrogen-bond acceptors (Lipinski definition) is 2. The molecule has 27 heavy (non-hydrogen) atoms. The maximum Gasteiger partial charge on any atom is 0.409 e. The molecular weight excluding hydrogens is 353 g/mol. The molecule has 1 unspecified atom stereocenters. The highest BCUT2D eigenvalue weighted by Gasteiger charge is 2.51. The first-order chi connectivity index (χ1) is 12.6. The number of nitrogens with zero attached hydrogens (tertiary/aromatic N) is 1. The molecule has 146 valence electrons. The van der Waals surface area contributed by atoms with Crippen LogP contribution in [0.25, 0.3) is 10.8 Å². The summed E-state index contributed by atoms with van der Waals surface area (Å²) in [7, 11) is 0. The highest BCUT2D eigenvalue weighted by atomic mass is 19.4. The van der Waals surface area contributed by atoms with Gasteiger partial charge in [0.05, 0.1) is 5.41 Å². The lowest BCUT2D eigenvalue weighted by atomic mass is 9.92. The number of rotatable bonds is 5. The van der Waals surface area contributed by atoms with E-state index < -0.39 is 17.6 Å². The third-order valence-electron chi connectivity index (χ3n) is 5.14. The number of nitrogens with one attached hydrogen (secondary N) is 1. The molecule has 1 amide bonds. The summed E-state index contributed by atoms with van der Waals surface area (Å²) in [5.74, 6) is -0.390. The summed E-state index contributed by atoms with van der Waals surface area (Å²) in [5, 5.41) is 2.39. The van der Waals surface area contributed by atoms with Crippen molar-refractivity contribution in [2.24, 2.45) is 5.41 Å². The first-order valence-corrected chi connectivity index (χ1v) is 9.29. The summed E-state index contributed by atoms with van der Waals surface area (Å²) in [5.41, 5.74) is 2.86. The van der Waals surface area contributed by atoms with Crippen LogP contribution in [0.2, 0.25) is 0 Å². The molecule has 0 bridgehead atoms. The lowest BCUT2D eigenvalue weighted by Crippen LogP contribution is -2.43. The maximum absolute atomic E-state index is 14.0. The van der Waals surface area contributed by atoms with Gasteiger partial charge in [-0.1, -0.05) is 49.7 Å². The number of hydrogen-bond donors (Lipinski definition) is 1. The zero-order chi connectivity index (χ0) is 19.8. The van der Waals surface area contributed by atoms with E-state index >= 15 is 0 Å². The van der Waals surface area contributed by atoms with Crippen molar-refractivity contribution in [1.82, 2.24) is 10.4 Å². The summed E-state index contributed by atoms with van der Waals surface area (Å²) in [4.78, 5) is 12.1. The number of amides is 1. The molecule has 1 aliphatic rings. The molecule has 3 nitrogen and oxygen atoms in total. The van der Waals surface area contributed by atoms with Crippen molar-refractivity contribution in [3.8, 4) is 0 Å². The van der Waals surface area contributed by atoms with E-state index in [2.05, 4.69) is 12.3 Å². The quantitative estimate of drug-likeness (QED) is 0.780. The maximum atomic E-state index is 14.0. The Balaban J connectivity index is 2.05. The highest BCUT2D eigenvalue weighted by Crippen LogP contribution is 2.42. The molecule has 1 N–H and O–H groups in total. The van der Waals surface area contributed by atoms with Gasteiger partial charge in [-0.25, -0.2) is 5.01 Å². The summed E-state index contributed by atoms with van der Waals surface area (Å²) >= 11 is 0. The van der Waals surface area contributed by atoms with Gasteiger partial charge >= 0.3 is 6.18 Å². The summed E-state index contributed by atoms with van der Waals surface area (Å²) in [6.45, 7) is 5.41. The van der Waals surface area contributed by atoms with E-state index in [-0.39, 0.29) is 18.0 Å². The first kappa shape index (κ1) is 19.7. The minimum absolute atomic E-state index is 0.000973. The van der Waals surface area contributed by atoms with E-state index in [0.29, 0.717) is 5.39 Å². The fourth-order valence-electron chi connectivity index (χ4n) is 3.63. The topological polar surface area (TPSA) is 32.3 Å². The molecule has 1 aliphatic heterocycles. The van der Waals surface area contributed by atoms with Crippen molar-refractivity contribution in [2.75, 3.05) is 6.54 Å². The van der Waals surface area contributed by atoms with Gasteiger partial charge in [0.2, 0.25) is 5.91 Å². The number of halogens is 3. The summed E-state index contributed by atoms with van der Waals surface area (Å²) in [6.07, 6.45) is -1.48. The molecule has 3 rings (SSSR count). The standard InChI is InChI=1S/C21H25F3N2O/c1-4-5-7-14-10-11-16-15(12-14)8-6-9-17(16)18(21(22,23)24)26-13-20(2,3)19(27)25-26/h6,8-12,18H,4-5,7,13H2,1-3H3,(H,25,27). The molecule has 6 heteroatoms. The third-order valence-corrected chi connectivity index (χ3v) is 5.14. The molecule has 0 aliphatic carbocycles. The first-order valence-electron chi connectivity index (χ1n) is 9.29. The van der Waals surface area contributed by atoms with Gasteiger partial charge in [0.25, 0.3) is 0 Å². The molecule has 0 radical (unpaired) electrons. The van der Waals surface area contributed by atoms with Crippen LogP contribution < -0.4 is 5.43 Å². The molecule has 1 saturated heterocycles. The smallest absolute Gasteiger partial charge is 0.287 e. The normalized spacial score (nSPS) is 18.7. The molecular formula is C21H25F3N2O. The predicted octanol–water partition coefficient (Wildman–Crippen LogP) is 5.16. The van der Waals surface area contributed by atoms with Crippen LogP contribution in [0.5, 0.6) is 0 Å². The molecule has 2 aromatic rings. The van der Waals surface area contributed by atoms with Gasteiger partial charge in [0.15, 0.2) is 6.04 Å². The highest BCUT2D eigenvalue weighted by molar-refractivity contribution is 5.87. The van der Waals surface area contributed by atoms with E-state index in [9.17, 15) is 18.0 Å². The Morgan fingerprint density at radius 3 is 2.56 bits per heavy atom. The Morgan fingerprint density at radius 1 is 1.22 bits per heavy atom. The fraction of sp³-hybridized carbons (Fsp3) is 0.476. The van der Waals surface area contributed by atoms with Gasteiger partial charge in [0.1, 0.15) is 0 Å². The fourth-order valence-corrected chi connectivity index (χ4v) is 3.63. The van der Waals surface area contributed by atoms with Gasteiger partial charge in [-0.05, 0) is 48.6 Å². The number of benzene rings is 2. The van der Waals surface area contributed by atoms with Gasteiger partial charge in [-0.3, -0.25) is 10.2 Å². The van der Waals surface area contributed by atoms with E-state index in [1.54, 1.807) is 26.0 Å². The SMILES string of the molecule is CCCCc1ccc2c(C(N3CC(C)(C)C(=O)N3)C(F)(F)F)cccc2c1. The number of aryl methyl sites for hydroxylation is 1.